The summed E-state index contributed by atoms with van der Waals surface area (Å²) in [7, 11) is 0. The van der Waals surface area contributed by atoms with Gasteiger partial charge >= 0.3 is 0 Å². The predicted molar refractivity (Wildman–Crippen MR) is 72.8 cm³/mol. The minimum absolute atomic E-state index is 0.0403. The van der Waals surface area contributed by atoms with Crippen LogP contribution in [0.15, 0.2) is 23.1 Å². The van der Waals surface area contributed by atoms with E-state index >= 15 is 0 Å². The summed E-state index contributed by atoms with van der Waals surface area (Å²) in [4.78, 5) is 22.7. The number of nitrogens with zero attached hydrogens (tertiary/aromatic N) is 1. The fraction of sp³-hybridized carbons (Fsp3) is 0.462. The Morgan fingerprint density at radius 1 is 1.42 bits per heavy atom. The fourth-order valence-electron chi connectivity index (χ4n) is 1.98. The zero-order valence-electron chi connectivity index (χ0n) is 10.6. The van der Waals surface area contributed by atoms with Crippen LogP contribution in [0.5, 0.6) is 0 Å². The van der Waals surface area contributed by atoms with Gasteiger partial charge in [-0.3, -0.25) is 14.9 Å². The van der Waals surface area contributed by atoms with Crippen molar-refractivity contribution in [3.63, 3.8) is 0 Å². The van der Waals surface area contributed by atoms with Crippen LogP contribution in [-0.4, -0.2) is 29.2 Å². The molecule has 1 aliphatic heterocycles. The Kier molecular flexibility index (Phi) is 4.55. The van der Waals surface area contributed by atoms with E-state index in [-0.39, 0.29) is 11.5 Å². The van der Waals surface area contributed by atoms with Gasteiger partial charge in [-0.05, 0) is 25.8 Å². The predicted octanol–water partition coefficient (Wildman–Crippen LogP) is 3.07. The van der Waals surface area contributed by atoms with Crippen molar-refractivity contribution >= 4 is 23.2 Å². The number of nitro groups is 1. The third-order valence-electron chi connectivity index (χ3n) is 3.02. The summed E-state index contributed by atoms with van der Waals surface area (Å²) >= 11 is 1.62. The maximum Gasteiger partial charge on any atom is 0.270 e. The van der Waals surface area contributed by atoms with Crippen molar-refractivity contribution in [1.82, 2.24) is 0 Å². The third kappa shape index (κ3) is 3.54. The third-order valence-corrected chi connectivity index (χ3v) is 4.43. The highest BCUT2D eigenvalue weighted by molar-refractivity contribution is 8.00. The van der Waals surface area contributed by atoms with Gasteiger partial charge in [-0.2, -0.15) is 0 Å². The molecule has 1 heterocycles. The maximum absolute atomic E-state index is 11.6. The van der Waals surface area contributed by atoms with Crippen molar-refractivity contribution in [3.05, 3.63) is 33.9 Å². The number of rotatable bonds is 4. The van der Waals surface area contributed by atoms with Crippen molar-refractivity contribution in [3.8, 4) is 0 Å². The largest absolute Gasteiger partial charge is 0.381 e. The molecule has 0 aliphatic carbocycles. The van der Waals surface area contributed by atoms with E-state index in [9.17, 15) is 14.9 Å². The molecule has 0 spiro atoms. The van der Waals surface area contributed by atoms with E-state index in [0.717, 1.165) is 31.0 Å². The minimum Gasteiger partial charge on any atom is -0.381 e. The van der Waals surface area contributed by atoms with Gasteiger partial charge in [-0.15, -0.1) is 11.8 Å². The van der Waals surface area contributed by atoms with Crippen LogP contribution in [-0.2, 0) is 4.74 Å². The Morgan fingerprint density at radius 3 is 2.68 bits per heavy atom. The Hall–Kier alpha value is -1.40. The highest BCUT2D eigenvalue weighted by atomic mass is 32.2. The summed E-state index contributed by atoms with van der Waals surface area (Å²) in [6.07, 6.45) is 1.89. The summed E-state index contributed by atoms with van der Waals surface area (Å²) in [5.74, 6) is -0.141. The number of hydrogen-bond donors (Lipinski definition) is 0. The van der Waals surface area contributed by atoms with Crippen molar-refractivity contribution in [2.75, 3.05) is 13.2 Å². The van der Waals surface area contributed by atoms with Crippen LogP contribution in [0.2, 0.25) is 0 Å². The molecule has 1 aromatic rings. The van der Waals surface area contributed by atoms with E-state index in [2.05, 4.69) is 0 Å². The summed E-state index contributed by atoms with van der Waals surface area (Å²) in [6, 6.07) is 4.49. The van der Waals surface area contributed by atoms with Crippen molar-refractivity contribution < 1.29 is 14.5 Å². The van der Waals surface area contributed by atoms with E-state index in [1.807, 2.05) is 0 Å². The van der Waals surface area contributed by atoms with E-state index in [1.54, 1.807) is 17.8 Å². The highest BCUT2D eigenvalue weighted by Crippen LogP contribution is 2.34. The molecule has 0 bridgehead atoms. The number of Topliss-reactive ketones (excluding diaryl/α,β-unsaturated/α-hetero) is 1. The summed E-state index contributed by atoms with van der Waals surface area (Å²) in [5, 5.41) is 11.2. The van der Waals surface area contributed by atoms with Crippen molar-refractivity contribution in [2.45, 2.75) is 29.9 Å². The molecule has 2 rings (SSSR count). The molecule has 0 saturated carbocycles. The van der Waals surface area contributed by atoms with Gasteiger partial charge in [-0.25, -0.2) is 0 Å². The van der Waals surface area contributed by atoms with E-state index in [1.165, 1.54) is 19.1 Å². The molecule has 0 unspecified atom stereocenters. The van der Waals surface area contributed by atoms with Crippen LogP contribution < -0.4 is 0 Å². The van der Waals surface area contributed by atoms with E-state index < -0.39 is 4.92 Å². The summed E-state index contributed by atoms with van der Waals surface area (Å²) in [5.41, 5.74) is 0.396. The van der Waals surface area contributed by atoms with Crippen LogP contribution in [0.1, 0.15) is 30.1 Å². The van der Waals surface area contributed by atoms with Crippen LogP contribution in [0.3, 0.4) is 0 Å². The maximum atomic E-state index is 11.6. The number of benzene rings is 1. The van der Waals surface area contributed by atoms with Gasteiger partial charge < -0.3 is 4.74 Å². The molecule has 6 heteroatoms. The standard InChI is InChI=1S/C13H15NO4S/c1-9(15)12-8-10(14(16)17)2-3-13(12)19-11-4-6-18-7-5-11/h2-3,8,11H,4-7H2,1H3. The molecule has 1 fully saturated rings. The van der Waals surface area contributed by atoms with E-state index in [0.29, 0.717) is 10.8 Å². The first-order valence-electron chi connectivity index (χ1n) is 6.11. The average Bonchev–Trinajstić information content (AvgIpc) is 2.39. The normalized spacial score (nSPS) is 16.3. The molecule has 5 nitrogen and oxygen atoms in total. The van der Waals surface area contributed by atoms with Gasteiger partial charge in [0.15, 0.2) is 5.78 Å². The molecule has 102 valence electrons. The first-order chi connectivity index (χ1) is 9.08. The number of ether oxygens (including phenoxy) is 1. The van der Waals surface area contributed by atoms with E-state index in [4.69, 9.17) is 4.74 Å². The quantitative estimate of drug-likeness (QED) is 0.482. The Balaban J connectivity index is 2.23. The molecule has 1 aliphatic rings. The zero-order valence-corrected chi connectivity index (χ0v) is 11.4. The molecule has 0 aromatic heterocycles. The topological polar surface area (TPSA) is 69.4 Å². The second kappa shape index (κ2) is 6.16. The fourth-order valence-corrected chi connectivity index (χ4v) is 3.25. The molecule has 0 atom stereocenters. The number of carbonyl (C=O) groups excluding carboxylic acids is 1. The second-order valence-electron chi connectivity index (χ2n) is 4.42. The molecule has 0 N–H and O–H groups in total. The number of nitro benzene ring substituents is 1. The Bertz CT molecular complexity index is 497. The van der Waals surface area contributed by atoms with Gasteiger partial charge in [0.2, 0.25) is 0 Å². The molecule has 0 amide bonds. The Morgan fingerprint density at radius 2 is 2.11 bits per heavy atom. The van der Waals surface area contributed by atoms with Crippen LogP contribution in [0, 0.1) is 10.1 Å². The second-order valence-corrected chi connectivity index (χ2v) is 5.77. The van der Waals surface area contributed by atoms with Gasteiger partial charge in [0.05, 0.1) is 4.92 Å². The van der Waals surface area contributed by atoms with Crippen molar-refractivity contribution in [1.29, 1.82) is 0 Å². The van der Waals surface area contributed by atoms with Crippen LogP contribution in [0.4, 0.5) is 5.69 Å². The smallest absolute Gasteiger partial charge is 0.270 e. The molecular weight excluding hydrogens is 266 g/mol. The molecule has 0 radical (unpaired) electrons. The number of non-ortho nitro benzene ring substituents is 1. The zero-order chi connectivity index (χ0) is 13.8. The Labute approximate surface area is 115 Å². The average molecular weight is 281 g/mol. The monoisotopic (exact) mass is 281 g/mol. The lowest BCUT2D eigenvalue weighted by molar-refractivity contribution is -0.384. The van der Waals surface area contributed by atoms with Gasteiger partial charge in [0.1, 0.15) is 0 Å². The van der Waals surface area contributed by atoms with Crippen LogP contribution in [0.25, 0.3) is 0 Å². The number of carbonyl (C=O) groups is 1. The lowest BCUT2D eigenvalue weighted by Crippen LogP contribution is -2.17. The highest BCUT2D eigenvalue weighted by Gasteiger charge is 2.20. The lowest BCUT2D eigenvalue weighted by atomic mass is 10.1. The SMILES string of the molecule is CC(=O)c1cc([N+](=O)[O-])ccc1SC1CCOCC1. The molecule has 1 aromatic carbocycles. The van der Waals surface area contributed by atoms with Crippen molar-refractivity contribution in [2.24, 2.45) is 0 Å². The first-order valence-corrected chi connectivity index (χ1v) is 6.99. The minimum atomic E-state index is -0.477. The molecular formula is C13H15NO4S. The number of ketones is 1. The molecule has 1 saturated heterocycles. The number of thioether (sulfide) groups is 1. The van der Waals surface area contributed by atoms with Crippen LogP contribution >= 0.6 is 11.8 Å². The van der Waals surface area contributed by atoms with Gasteiger partial charge in [-0.1, -0.05) is 0 Å². The number of hydrogen-bond acceptors (Lipinski definition) is 5. The van der Waals surface area contributed by atoms with Gasteiger partial charge in [0.25, 0.3) is 5.69 Å². The summed E-state index contributed by atoms with van der Waals surface area (Å²) in [6.45, 7) is 2.91. The molecule has 19 heavy (non-hydrogen) atoms. The first kappa shape index (κ1) is 14.0. The van der Waals surface area contributed by atoms with Gasteiger partial charge in [0, 0.05) is 41.1 Å². The summed E-state index contributed by atoms with van der Waals surface area (Å²) < 4.78 is 5.30. The lowest BCUT2D eigenvalue weighted by Gasteiger charge is -2.22.